The van der Waals surface area contributed by atoms with Gasteiger partial charge in [0.2, 0.25) is 5.91 Å². The van der Waals surface area contributed by atoms with E-state index in [-0.39, 0.29) is 16.8 Å². The molecule has 32 heavy (non-hydrogen) atoms. The van der Waals surface area contributed by atoms with Crippen LogP contribution < -0.4 is 9.21 Å². The molecule has 1 heterocycles. The van der Waals surface area contributed by atoms with E-state index >= 15 is 0 Å². The first kappa shape index (κ1) is 22.4. The summed E-state index contributed by atoms with van der Waals surface area (Å²) in [5, 5.41) is 0.473. The maximum absolute atomic E-state index is 13.9. The molecule has 0 saturated carbocycles. The molecule has 1 aliphatic rings. The molecule has 0 unspecified atom stereocenters. The van der Waals surface area contributed by atoms with Gasteiger partial charge in [0.05, 0.1) is 16.6 Å². The smallest absolute Gasteiger partial charge is 0.264 e. The van der Waals surface area contributed by atoms with Crippen LogP contribution in [0.3, 0.4) is 0 Å². The number of amides is 1. The molecule has 5 nitrogen and oxygen atoms in total. The molecule has 4 rings (SSSR count). The van der Waals surface area contributed by atoms with Gasteiger partial charge in [-0.1, -0.05) is 54.9 Å². The highest BCUT2D eigenvalue weighted by atomic mass is 35.5. The summed E-state index contributed by atoms with van der Waals surface area (Å²) < 4.78 is 29.4. The van der Waals surface area contributed by atoms with Crippen molar-refractivity contribution in [1.29, 1.82) is 0 Å². The zero-order valence-corrected chi connectivity index (χ0v) is 19.6. The topological polar surface area (TPSA) is 57.7 Å². The second-order valence-electron chi connectivity index (χ2n) is 7.87. The second-order valence-corrected chi connectivity index (χ2v) is 10.1. The highest BCUT2D eigenvalue weighted by Crippen LogP contribution is 2.44. The van der Waals surface area contributed by atoms with Crippen molar-refractivity contribution >= 4 is 38.9 Å². The van der Waals surface area contributed by atoms with Crippen LogP contribution in [0.15, 0.2) is 83.8 Å². The minimum Gasteiger partial charge on any atom is -0.309 e. The van der Waals surface area contributed by atoms with Crippen molar-refractivity contribution in [3.05, 3.63) is 89.4 Å². The van der Waals surface area contributed by atoms with Gasteiger partial charge in [0, 0.05) is 23.2 Å². The number of carbonyl (C=O) groups is 1. The van der Waals surface area contributed by atoms with Crippen molar-refractivity contribution in [2.75, 3.05) is 9.21 Å². The lowest BCUT2D eigenvalue weighted by atomic mass is 9.91. The third-order valence-corrected chi connectivity index (χ3v) is 7.90. The molecule has 7 heteroatoms. The van der Waals surface area contributed by atoms with Crippen LogP contribution in [0.2, 0.25) is 5.02 Å². The molecule has 1 aliphatic heterocycles. The van der Waals surface area contributed by atoms with Crippen LogP contribution in [0.5, 0.6) is 0 Å². The fourth-order valence-electron chi connectivity index (χ4n) is 4.34. The molecule has 0 bridgehead atoms. The monoisotopic (exact) mass is 468 g/mol. The Balaban J connectivity index is 1.91. The summed E-state index contributed by atoms with van der Waals surface area (Å²) in [5.41, 5.74) is 2.15. The molecule has 0 aromatic heterocycles. The summed E-state index contributed by atoms with van der Waals surface area (Å²) in [6.45, 7) is 3.81. The zero-order chi connectivity index (χ0) is 22.9. The van der Waals surface area contributed by atoms with E-state index < -0.39 is 16.1 Å². The highest BCUT2D eigenvalue weighted by molar-refractivity contribution is 7.92. The van der Waals surface area contributed by atoms with Crippen molar-refractivity contribution < 1.29 is 13.2 Å². The Kier molecular flexibility index (Phi) is 6.26. The Morgan fingerprint density at radius 1 is 1.00 bits per heavy atom. The van der Waals surface area contributed by atoms with Crippen LogP contribution >= 0.6 is 11.6 Å². The fourth-order valence-corrected chi connectivity index (χ4v) is 6.10. The lowest BCUT2D eigenvalue weighted by Crippen LogP contribution is -2.47. The van der Waals surface area contributed by atoms with Crippen molar-refractivity contribution in [2.24, 2.45) is 0 Å². The first-order valence-corrected chi connectivity index (χ1v) is 12.4. The van der Waals surface area contributed by atoms with Gasteiger partial charge in [-0.2, -0.15) is 0 Å². The summed E-state index contributed by atoms with van der Waals surface area (Å²) in [6, 6.07) is 22.3. The maximum Gasteiger partial charge on any atom is 0.264 e. The van der Waals surface area contributed by atoms with Crippen LogP contribution in [0, 0.1) is 0 Å². The largest absolute Gasteiger partial charge is 0.309 e. The molecule has 0 saturated heterocycles. The molecule has 3 aromatic carbocycles. The standard InChI is InChI=1S/C25H25ClN2O3S/c1-3-25(29)27-18(2)17-24(22-11-7-8-12-23(22)27)28(20-9-5-4-6-10-20)32(30,31)21-15-13-19(26)14-16-21/h4-16,18,24H,3,17H2,1-2H3/t18-,24-/m1/s1. The van der Waals surface area contributed by atoms with Gasteiger partial charge in [-0.25, -0.2) is 8.42 Å². The summed E-state index contributed by atoms with van der Waals surface area (Å²) in [5.74, 6) is 0.0234. The van der Waals surface area contributed by atoms with E-state index in [2.05, 4.69) is 0 Å². The number of carbonyl (C=O) groups excluding carboxylic acids is 1. The number of nitrogens with zero attached hydrogens (tertiary/aromatic N) is 2. The SMILES string of the molecule is CCC(=O)N1c2ccccc2[C@H](N(c2ccccc2)S(=O)(=O)c2ccc(Cl)cc2)C[C@H]1C. The first-order chi connectivity index (χ1) is 15.3. The molecule has 166 valence electrons. The first-order valence-electron chi connectivity index (χ1n) is 10.6. The summed E-state index contributed by atoms with van der Waals surface area (Å²) >= 11 is 6.01. The number of hydrogen-bond acceptors (Lipinski definition) is 3. The molecule has 2 atom stereocenters. The average molecular weight is 469 g/mol. The number of sulfonamides is 1. The summed E-state index contributed by atoms with van der Waals surface area (Å²) in [6.07, 6.45) is 0.860. The fraction of sp³-hybridized carbons (Fsp3) is 0.240. The van der Waals surface area contributed by atoms with Crippen LogP contribution in [-0.4, -0.2) is 20.4 Å². The van der Waals surface area contributed by atoms with Gasteiger partial charge in [0.25, 0.3) is 10.0 Å². The Morgan fingerprint density at radius 3 is 2.28 bits per heavy atom. The molecule has 3 aromatic rings. The van der Waals surface area contributed by atoms with Crippen molar-refractivity contribution in [2.45, 2.75) is 43.7 Å². The third-order valence-electron chi connectivity index (χ3n) is 5.80. The van der Waals surface area contributed by atoms with Crippen molar-refractivity contribution in [1.82, 2.24) is 0 Å². The van der Waals surface area contributed by atoms with Gasteiger partial charge in [0.1, 0.15) is 0 Å². The quantitative estimate of drug-likeness (QED) is 0.474. The van der Waals surface area contributed by atoms with E-state index in [9.17, 15) is 13.2 Å². The van der Waals surface area contributed by atoms with Gasteiger partial charge >= 0.3 is 0 Å². The van der Waals surface area contributed by atoms with Gasteiger partial charge in [-0.3, -0.25) is 9.10 Å². The maximum atomic E-state index is 13.9. The molecular formula is C25H25ClN2O3S. The van der Waals surface area contributed by atoms with E-state index in [4.69, 9.17) is 11.6 Å². The zero-order valence-electron chi connectivity index (χ0n) is 18.0. The average Bonchev–Trinajstić information content (AvgIpc) is 2.79. The van der Waals surface area contributed by atoms with E-state index in [1.165, 1.54) is 16.4 Å². The molecule has 0 radical (unpaired) electrons. The van der Waals surface area contributed by atoms with Crippen LogP contribution in [0.25, 0.3) is 0 Å². The Hall–Kier alpha value is -2.83. The predicted molar refractivity (Wildman–Crippen MR) is 129 cm³/mol. The predicted octanol–water partition coefficient (Wildman–Crippen LogP) is 5.81. The molecule has 0 fully saturated rings. The van der Waals surface area contributed by atoms with Crippen molar-refractivity contribution in [3.63, 3.8) is 0 Å². The van der Waals surface area contributed by atoms with Gasteiger partial charge in [-0.15, -0.1) is 0 Å². The third kappa shape index (κ3) is 4.00. The molecule has 0 N–H and O–H groups in total. The number of para-hydroxylation sites is 2. The lowest BCUT2D eigenvalue weighted by Gasteiger charge is -2.43. The molecule has 0 aliphatic carbocycles. The van der Waals surface area contributed by atoms with Gasteiger partial charge < -0.3 is 4.90 Å². The van der Waals surface area contributed by atoms with Crippen LogP contribution in [-0.2, 0) is 14.8 Å². The van der Waals surface area contributed by atoms with E-state index in [0.717, 1.165) is 11.3 Å². The normalized spacial score (nSPS) is 18.2. The number of benzene rings is 3. The number of fused-ring (bicyclic) bond motifs is 1. The number of anilines is 2. The Morgan fingerprint density at radius 2 is 1.62 bits per heavy atom. The van der Waals surface area contributed by atoms with Crippen molar-refractivity contribution in [3.8, 4) is 0 Å². The lowest BCUT2D eigenvalue weighted by molar-refractivity contribution is -0.118. The molecule has 0 spiro atoms. The number of hydrogen-bond donors (Lipinski definition) is 0. The second kappa shape index (κ2) is 8.96. The van der Waals surface area contributed by atoms with Crippen LogP contribution in [0.4, 0.5) is 11.4 Å². The number of rotatable bonds is 5. The van der Waals surface area contributed by atoms with Crippen LogP contribution in [0.1, 0.15) is 38.3 Å². The minimum atomic E-state index is -3.91. The van der Waals surface area contributed by atoms with E-state index in [0.29, 0.717) is 23.6 Å². The Labute approximate surface area is 194 Å². The van der Waals surface area contributed by atoms with E-state index in [1.54, 1.807) is 29.2 Å². The molecule has 1 amide bonds. The summed E-state index contributed by atoms with van der Waals surface area (Å²) in [7, 11) is -3.91. The highest BCUT2D eigenvalue weighted by Gasteiger charge is 2.40. The van der Waals surface area contributed by atoms with E-state index in [1.807, 2.05) is 56.3 Å². The summed E-state index contributed by atoms with van der Waals surface area (Å²) in [4.78, 5) is 14.7. The van der Waals surface area contributed by atoms with Gasteiger partial charge in [0.15, 0.2) is 0 Å². The Bertz CT molecular complexity index is 1210. The number of halogens is 1. The molecular weight excluding hydrogens is 444 g/mol. The van der Waals surface area contributed by atoms with Gasteiger partial charge in [-0.05, 0) is 61.4 Å². The minimum absolute atomic E-state index is 0.0234.